The zero-order chi connectivity index (χ0) is 19.4. The number of nitrogens with zero attached hydrogens (tertiary/aromatic N) is 3. The fourth-order valence-electron chi connectivity index (χ4n) is 3.21. The highest BCUT2D eigenvalue weighted by atomic mass is 16.2. The van der Waals surface area contributed by atoms with E-state index in [1.807, 2.05) is 51.3 Å². The summed E-state index contributed by atoms with van der Waals surface area (Å²) in [5.41, 5.74) is 3.36. The molecule has 0 aromatic heterocycles. The Morgan fingerprint density at radius 2 is 1.48 bits per heavy atom. The number of carbonyl (C=O) groups is 1. The number of carbonyl (C=O) groups excluding carboxylic acids is 1. The monoisotopic (exact) mass is 361 g/mol. The lowest BCUT2D eigenvalue weighted by atomic mass is 10.1. The van der Waals surface area contributed by atoms with E-state index >= 15 is 0 Å². The number of benzene rings is 3. The Hall–Kier alpha value is -3.01. The van der Waals surface area contributed by atoms with Crippen LogP contribution in [0.3, 0.4) is 0 Å². The third kappa shape index (κ3) is 4.40. The molecule has 4 nitrogen and oxygen atoms in total. The van der Waals surface area contributed by atoms with E-state index in [9.17, 15) is 4.79 Å². The van der Waals surface area contributed by atoms with Crippen molar-refractivity contribution in [1.29, 1.82) is 0 Å². The van der Waals surface area contributed by atoms with Gasteiger partial charge in [-0.2, -0.15) is 0 Å². The van der Waals surface area contributed by atoms with Crippen LogP contribution >= 0.6 is 0 Å². The zero-order valence-electron chi connectivity index (χ0n) is 16.5. The van der Waals surface area contributed by atoms with Crippen molar-refractivity contribution in [2.45, 2.75) is 6.54 Å². The molecule has 0 heterocycles. The summed E-state index contributed by atoms with van der Waals surface area (Å²) in [6.45, 7) is 0.955. The molecule has 27 heavy (non-hydrogen) atoms. The highest BCUT2D eigenvalue weighted by Gasteiger charge is 2.14. The molecule has 0 bridgehead atoms. The molecular formula is C23H27N3O. The van der Waals surface area contributed by atoms with E-state index in [4.69, 9.17) is 0 Å². The minimum Gasteiger partial charge on any atom is -0.378 e. The number of anilines is 2. The molecule has 0 aliphatic carbocycles. The highest BCUT2D eigenvalue weighted by Crippen LogP contribution is 2.25. The summed E-state index contributed by atoms with van der Waals surface area (Å²) >= 11 is 0. The van der Waals surface area contributed by atoms with Gasteiger partial charge in [0.05, 0.1) is 6.54 Å². The Bertz CT molecular complexity index is 913. The van der Waals surface area contributed by atoms with Gasteiger partial charge in [-0.25, -0.2) is 0 Å². The third-order valence-electron chi connectivity index (χ3n) is 4.85. The Morgan fingerprint density at radius 1 is 0.815 bits per heavy atom. The average Bonchev–Trinajstić information content (AvgIpc) is 2.67. The quantitative estimate of drug-likeness (QED) is 0.664. The molecule has 0 unspecified atom stereocenters. The molecule has 0 radical (unpaired) electrons. The number of hydrogen-bond donors (Lipinski definition) is 0. The van der Waals surface area contributed by atoms with Gasteiger partial charge in [0.2, 0.25) is 5.91 Å². The fourth-order valence-corrected chi connectivity index (χ4v) is 3.21. The maximum absolute atomic E-state index is 12.7. The second kappa shape index (κ2) is 8.12. The first kappa shape index (κ1) is 18.8. The van der Waals surface area contributed by atoms with Crippen LogP contribution in [-0.4, -0.2) is 45.5 Å². The molecule has 4 heteroatoms. The summed E-state index contributed by atoms with van der Waals surface area (Å²) in [4.78, 5) is 18.6. The Kier molecular flexibility index (Phi) is 5.65. The zero-order valence-corrected chi connectivity index (χ0v) is 16.5. The minimum absolute atomic E-state index is 0.0992. The molecule has 1 amide bonds. The summed E-state index contributed by atoms with van der Waals surface area (Å²) in [6, 6.07) is 22.8. The van der Waals surface area contributed by atoms with Gasteiger partial charge >= 0.3 is 0 Å². The molecule has 0 N–H and O–H groups in total. The maximum atomic E-state index is 12.7. The van der Waals surface area contributed by atoms with Crippen molar-refractivity contribution in [3.05, 3.63) is 72.3 Å². The van der Waals surface area contributed by atoms with Crippen LogP contribution in [0.25, 0.3) is 10.8 Å². The molecule has 0 saturated carbocycles. The molecular weight excluding hydrogens is 334 g/mol. The lowest BCUT2D eigenvalue weighted by Gasteiger charge is -2.24. The van der Waals surface area contributed by atoms with Crippen molar-refractivity contribution < 1.29 is 4.79 Å². The standard InChI is InChI=1S/C23H27N3O/c1-24(2)20-14-12-18(13-15-20)16-26(4)23(27)17-25(3)22-11-7-9-19-8-5-6-10-21(19)22/h5-15H,16-17H2,1-4H3. The first-order valence-electron chi connectivity index (χ1n) is 9.15. The van der Waals surface area contributed by atoms with Crippen molar-refractivity contribution in [3.8, 4) is 0 Å². The molecule has 0 aliphatic rings. The van der Waals surface area contributed by atoms with Crippen LogP contribution in [0.2, 0.25) is 0 Å². The molecule has 0 aliphatic heterocycles. The predicted molar refractivity (Wildman–Crippen MR) is 114 cm³/mol. The van der Waals surface area contributed by atoms with Crippen LogP contribution in [0.15, 0.2) is 66.7 Å². The minimum atomic E-state index is 0.0992. The summed E-state index contributed by atoms with van der Waals surface area (Å²) in [5, 5.41) is 2.35. The van der Waals surface area contributed by atoms with Gasteiger partial charge in [-0.05, 0) is 29.1 Å². The van der Waals surface area contributed by atoms with Gasteiger partial charge in [0.15, 0.2) is 0 Å². The fraction of sp³-hybridized carbons (Fsp3) is 0.261. The first-order chi connectivity index (χ1) is 13.0. The molecule has 0 atom stereocenters. The lowest BCUT2D eigenvalue weighted by Crippen LogP contribution is -2.36. The van der Waals surface area contributed by atoms with Crippen LogP contribution in [0.4, 0.5) is 11.4 Å². The van der Waals surface area contributed by atoms with Gasteiger partial charge in [0.25, 0.3) is 0 Å². The largest absolute Gasteiger partial charge is 0.378 e. The van der Waals surface area contributed by atoms with E-state index in [1.165, 1.54) is 5.39 Å². The number of amides is 1. The summed E-state index contributed by atoms with van der Waals surface area (Å²) < 4.78 is 0. The number of hydrogen-bond acceptors (Lipinski definition) is 3. The molecule has 3 aromatic rings. The van der Waals surface area contributed by atoms with E-state index in [0.29, 0.717) is 13.1 Å². The number of likely N-dealkylation sites (N-methyl/N-ethyl adjacent to an activating group) is 2. The molecule has 0 fully saturated rings. The van der Waals surface area contributed by atoms with Gasteiger partial charge in [-0.1, -0.05) is 48.5 Å². The van der Waals surface area contributed by atoms with Crippen LogP contribution in [0, 0.1) is 0 Å². The van der Waals surface area contributed by atoms with Crippen LogP contribution in [0.1, 0.15) is 5.56 Å². The Labute approximate surface area is 161 Å². The summed E-state index contributed by atoms with van der Waals surface area (Å²) in [5.74, 6) is 0.0992. The number of rotatable bonds is 6. The van der Waals surface area contributed by atoms with Crippen molar-refractivity contribution in [1.82, 2.24) is 4.90 Å². The highest BCUT2D eigenvalue weighted by molar-refractivity contribution is 5.95. The Morgan fingerprint density at radius 3 is 2.19 bits per heavy atom. The van der Waals surface area contributed by atoms with Gasteiger partial charge in [0.1, 0.15) is 0 Å². The van der Waals surface area contributed by atoms with E-state index in [2.05, 4.69) is 53.4 Å². The van der Waals surface area contributed by atoms with Gasteiger partial charge in [0, 0.05) is 51.5 Å². The molecule has 140 valence electrons. The first-order valence-corrected chi connectivity index (χ1v) is 9.15. The van der Waals surface area contributed by atoms with E-state index in [0.717, 1.165) is 22.3 Å². The van der Waals surface area contributed by atoms with E-state index in [-0.39, 0.29) is 5.91 Å². The molecule has 3 rings (SSSR count). The predicted octanol–water partition coefficient (Wildman–Crippen LogP) is 4.00. The molecule has 0 spiro atoms. The summed E-state index contributed by atoms with van der Waals surface area (Å²) in [7, 11) is 7.88. The normalized spacial score (nSPS) is 10.7. The van der Waals surface area contributed by atoms with Crippen molar-refractivity contribution >= 4 is 28.1 Å². The molecule has 0 saturated heterocycles. The second-order valence-corrected chi connectivity index (χ2v) is 7.17. The van der Waals surface area contributed by atoms with E-state index in [1.54, 1.807) is 4.90 Å². The van der Waals surface area contributed by atoms with Crippen molar-refractivity contribution in [3.63, 3.8) is 0 Å². The van der Waals surface area contributed by atoms with Crippen LogP contribution in [0.5, 0.6) is 0 Å². The Balaban J connectivity index is 1.66. The smallest absolute Gasteiger partial charge is 0.242 e. The second-order valence-electron chi connectivity index (χ2n) is 7.17. The van der Waals surface area contributed by atoms with Crippen LogP contribution in [-0.2, 0) is 11.3 Å². The van der Waals surface area contributed by atoms with Gasteiger partial charge < -0.3 is 14.7 Å². The maximum Gasteiger partial charge on any atom is 0.242 e. The summed E-state index contributed by atoms with van der Waals surface area (Å²) in [6.07, 6.45) is 0. The average molecular weight is 361 g/mol. The SMILES string of the molecule is CN(Cc1ccc(N(C)C)cc1)C(=O)CN(C)c1cccc2ccccc12. The van der Waals surface area contributed by atoms with Crippen molar-refractivity contribution in [2.24, 2.45) is 0 Å². The molecule has 3 aromatic carbocycles. The van der Waals surface area contributed by atoms with Crippen molar-refractivity contribution in [2.75, 3.05) is 44.5 Å². The third-order valence-corrected chi connectivity index (χ3v) is 4.85. The number of fused-ring (bicyclic) bond motifs is 1. The van der Waals surface area contributed by atoms with Crippen LogP contribution < -0.4 is 9.80 Å². The van der Waals surface area contributed by atoms with Gasteiger partial charge in [-0.15, -0.1) is 0 Å². The topological polar surface area (TPSA) is 26.8 Å². The lowest BCUT2D eigenvalue weighted by molar-refractivity contribution is -0.128. The van der Waals surface area contributed by atoms with Gasteiger partial charge in [-0.3, -0.25) is 4.79 Å². The van der Waals surface area contributed by atoms with E-state index < -0.39 is 0 Å².